The van der Waals surface area contributed by atoms with Gasteiger partial charge in [-0.25, -0.2) is 4.79 Å². The molecule has 0 atom stereocenters. The molecule has 0 saturated heterocycles. The lowest BCUT2D eigenvalue weighted by atomic mass is 10.2. The fourth-order valence-electron chi connectivity index (χ4n) is 0.925. The Morgan fingerprint density at radius 1 is 1.42 bits per heavy atom. The van der Waals surface area contributed by atoms with Gasteiger partial charge in [-0.2, -0.15) is 0 Å². The molecule has 64 valence electrons. The lowest BCUT2D eigenvalue weighted by molar-refractivity contribution is -0.107. The lowest BCUT2D eigenvalue weighted by Crippen LogP contribution is -1.98. The number of aryl methyl sites for hydroxylation is 1. The number of hydrogen-bond donors (Lipinski definition) is 0. The first kappa shape index (κ1) is 8.71. The summed E-state index contributed by atoms with van der Waals surface area (Å²) < 4.78 is 4.85. The van der Waals surface area contributed by atoms with Crippen LogP contribution in [0.3, 0.4) is 0 Å². The highest BCUT2D eigenvalue weighted by atomic mass is 16.4. The van der Waals surface area contributed by atoms with Crippen LogP contribution < -0.4 is 5.63 Å². The summed E-state index contributed by atoms with van der Waals surface area (Å²) in [5.41, 5.74) is -0.335. The predicted molar refractivity (Wildman–Crippen MR) is 44.0 cm³/mol. The Labute approximate surface area is 70.0 Å². The number of hydrogen-bond acceptors (Lipinski definition) is 3. The summed E-state index contributed by atoms with van der Waals surface area (Å²) in [4.78, 5) is 20.7. The van der Waals surface area contributed by atoms with Crippen LogP contribution >= 0.6 is 0 Å². The van der Waals surface area contributed by atoms with Crippen molar-refractivity contribution >= 4 is 6.29 Å². The molecule has 0 spiro atoms. The molecule has 0 bridgehead atoms. The second-order valence-corrected chi connectivity index (χ2v) is 2.47. The van der Waals surface area contributed by atoms with Crippen LogP contribution in [0, 0.1) is 0 Å². The van der Waals surface area contributed by atoms with Gasteiger partial charge >= 0.3 is 5.63 Å². The van der Waals surface area contributed by atoms with Crippen LogP contribution in [0.4, 0.5) is 0 Å². The molecule has 0 fully saturated rings. The van der Waals surface area contributed by atoms with Crippen molar-refractivity contribution in [2.24, 2.45) is 0 Å². The molecule has 1 aromatic rings. The van der Waals surface area contributed by atoms with E-state index in [9.17, 15) is 9.59 Å². The molecule has 1 rings (SSSR count). The van der Waals surface area contributed by atoms with Gasteiger partial charge in [0.1, 0.15) is 12.0 Å². The van der Waals surface area contributed by atoms with Gasteiger partial charge in [-0.15, -0.1) is 0 Å². The summed E-state index contributed by atoms with van der Waals surface area (Å²) in [6.07, 6.45) is 2.75. The summed E-state index contributed by atoms with van der Waals surface area (Å²) in [6, 6.07) is 4.76. The van der Waals surface area contributed by atoms with E-state index >= 15 is 0 Å². The quantitative estimate of drug-likeness (QED) is 0.498. The Hall–Kier alpha value is -1.38. The average molecular weight is 166 g/mol. The molecule has 1 aromatic heterocycles. The number of rotatable bonds is 4. The molecule has 3 nitrogen and oxygen atoms in total. The van der Waals surface area contributed by atoms with Crippen molar-refractivity contribution in [3.8, 4) is 0 Å². The fourth-order valence-corrected chi connectivity index (χ4v) is 0.925. The number of carbonyl (C=O) groups excluding carboxylic acids is 1. The third-order valence-electron chi connectivity index (χ3n) is 1.49. The Bertz CT molecular complexity index is 301. The van der Waals surface area contributed by atoms with Crippen LogP contribution in [0.1, 0.15) is 18.6 Å². The van der Waals surface area contributed by atoms with Crippen LogP contribution in [0.2, 0.25) is 0 Å². The Kier molecular flexibility index (Phi) is 3.26. The zero-order chi connectivity index (χ0) is 8.81. The van der Waals surface area contributed by atoms with Gasteiger partial charge in [0.25, 0.3) is 0 Å². The van der Waals surface area contributed by atoms with E-state index < -0.39 is 0 Å². The Balaban J connectivity index is 2.52. The average Bonchev–Trinajstić information content (AvgIpc) is 2.05. The highest BCUT2D eigenvalue weighted by Gasteiger charge is 1.94. The predicted octanol–water partition coefficient (Wildman–Crippen LogP) is 1.16. The number of aldehydes is 1. The molecule has 3 heteroatoms. The zero-order valence-corrected chi connectivity index (χ0v) is 6.66. The van der Waals surface area contributed by atoms with Gasteiger partial charge in [0, 0.05) is 18.9 Å². The van der Waals surface area contributed by atoms with Crippen molar-refractivity contribution in [1.82, 2.24) is 0 Å². The molecule has 0 radical (unpaired) electrons. The maximum atomic E-state index is 10.7. The van der Waals surface area contributed by atoms with Crippen molar-refractivity contribution in [2.75, 3.05) is 0 Å². The monoisotopic (exact) mass is 166 g/mol. The minimum absolute atomic E-state index is 0.335. The smallest absolute Gasteiger partial charge is 0.335 e. The molecular weight excluding hydrogens is 156 g/mol. The van der Waals surface area contributed by atoms with Crippen molar-refractivity contribution in [3.05, 3.63) is 34.4 Å². The molecule has 0 N–H and O–H groups in total. The Morgan fingerprint density at radius 3 is 2.92 bits per heavy atom. The molecule has 0 aliphatic rings. The summed E-state index contributed by atoms with van der Waals surface area (Å²) in [6.45, 7) is 0. The molecule has 0 aromatic carbocycles. The SMILES string of the molecule is O=CCCCc1cccc(=O)o1. The fraction of sp³-hybridized carbons (Fsp3) is 0.333. The Morgan fingerprint density at radius 2 is 2.25 bits per heavy atom. The van der Waals surface area contributed by atoms with Crippen molar-refractivity contribution < 1.29 is 9.21 Å². The van der Waals surface area contributed by atoms with Gasteiger partial charge in [0.05, 0.1) is 0 Å². The van der Waals surface area contributed by atoms with E-state index in [0.29, 0.717) is 18.6 Å². The van der Waals surface area contributed by atoms with Gasteiger partial charge in [0.2, 0.25) is 0 Å². The van der Waals surface area contributed by atoms with Crippen LogP contribution in [0.25, 0.3) is 0 Å². The maximum absolute atomic E-state index is 10.7. The minimum Gasteiger partial charge on any atom is -0.428 e. The van der Waals surface area contributed by atoms with E-state index in [1.54, 1.807) is 12.1 Å². The topological polar surface area (TPSA) is 47.3 Å². The van der Waals surface area contributed by atoms with Gasteiger partial charge in [-0.3, -0.25) is 0 Å². The second kappa shape index (κ2) is 4.49. The van der Waals surface area contributed by atoms with E-state index in [1.165, 1.54) is 6.07 Å². The number of unbranched alkanes of at least 4 members (excludes halogenated alkanes) is 1. The van der Waals surface area contributed by atoms with Gasteiger partial charge < -0.3 is 9.21 Å². The standard InChI is InChI=1S/C9H10O3/c10-7-2-1-4-8-5-3-6-9(11)12-8/h3,5-7H,1-2,4H2. The summed E-state index contributed by atoms with van der Waals surface area (Å²) in [5, 5.41) is 0. The van der Waals surface area contributed by atoms with E-state index in [-0.39, 0.29) is 5.63 Å². The molecular formula is C9H10O3. The molecule has 12 heavy (non-hydrogen) atoms. The molecule has 0 aliphatic heterocycles. The molecule has 0 amide bonds. The van der Waals surface area contributed by atoms with E-state index in [1.807, 2.05) is 0 Å². The molecule has 0 saturated carbocycles. The summed E-state index contributed by atoms with van der Waals surface area (Å²) in [7, 11) is 0. The van der Waals surface area contributed by atoms with E-state index in [0.717, 1.165) is 12.7 Å². The highest BCUT2D eigenvalue weighted by molar-refractivity contribution is 5.49. The molecule has 0 unspecified atom stereocenters. The molecule has 0 aliphatic carbocycles. The first-order valence-corrected chi connectivity index (χ1v) is 3.85. The first-order valence-electron chi connectivity index (χ1n) is 3.85. The largest absolute Gasteiger partial charge is 0.428 e. The van der Waals surface area contributed by atoms with Crippen molar-refractivity contribution in [1.29, 1.82) is 0 Å². The highest BCUT2D eigenvalue weighted by Crippen LogP contribution is 2.00. The minimum atomic E-state index is -0.335. The molecule has 1 heterocycles. The second-order valence-electron chi connectivity index (χ2n) is 2.47. The first-order chi connectivity index (χ1) is 5.83. The third kappa shape index (κ3) is 2.70. The van der Waals surface area contributed by atoms with Crippen molar-refractivity contribution in [2.45, 2.75) is 19.3 Å². The van der Waals surface area contributed by atoms with Crippen LogP contribution in [0.15, 0.2) is 27.4 Å². The van der Waals surface area contributed by atoms with Crippen LogP contribution in [0.5, 0.6) is 0 Å². The van der Waals surface area contributed by atoms with E-state index in [4.69, 9.17) is 4.42 Å². The normalized spacial score (nSPS) is 9.67. The summed E-state index contributed by atoms with van der Waals surface area (Å²) in [5.74, 6) is 0.643. The summed E-state index contributed by atoms with van der Waals surface area (Å²) >= 11 is 0. The van der Waals surface area contributed by atoms with Gasteiger partial charge in [-0.1, -0.05) is 6.07 Å². The third-order valence-corrected chi connectivity index (χ3v) is 1.49. The van der Waals surface area contributed by atoms with Gasteiger partial charge in [-0.05, 0) is 12.5 Å². The number of carbonyl (C=O) groups is 1. The van der Waals surface area contributed by atoms with E-state index in [2.05, 4.69) is 0 Å². The van der Waals surface area contributed by atoms with Crippen LogP contribution in [-0.4, -0.2) is 6.29 Å². The van der Waals surface area contributed by atoms with Crippen molar-refractivity contribution in [3.63, 3.8) is 0 Å². The maximum Gasteiger partial charge on any atom is 0.335 e. The van der Waals surface area contributed by atoms with Gasteiger partial charge in [0.15, 0.2) is 0 Å². The lowest BCUT2D eigenvalue weighted by Gasteiger charge is -1.94. The zero-order valence-electron chi connectivity index (χ0n) is 6.66. The van der Waals surface area contributed by atoms with Crippen LogP contribution in [-0.2, 0) is 11.2 Å².